The second kappa shape index (κ2) is 11.1. The van der Waals surface area contributed by atoms with Gasteiger partial charge < -0.3 is 24.8 Å². The molecule has 0 aliphatic carbocycles. The zero-order valence-corrected chi connectivity index (χ0v) is 22.8. The molecule has 3 aromatic rings. The number of hydrogen-bond acceptors (Lipinski definition) is 7. The van der Waals surface area contributed by atoms with Gasteiger partial charge >= 0.3 is 6.09 Å². The predicted octanol–water partition coefficient (Wildman–Crippen LogP) is 4.63. The van der Waals surface area contributed by atoms with Crippen LogP contribution in [-0.2, 0) is 17.7 Å². The maximum Gasteiger partial charge on any atom is 0.410 e. The number of rotatable bonds is 4. The van der Waals surface area contributed by atoms with E-state index in [9.17, 15) is 18.4 Å². The molecule has 2 aliphatic rings. The average molecular weight is 551 g/mol. The van der Waals surface area contributed by atoms with E-state index in [1.165, 1.54) is 0 Å². The number of amides is 2. The molecule has 40 heavy (non-hydrogen) atoms. The molecule has 1 aromatic carbocycles. The van der Waals surface area contributed by atoms with Gasteiger partial charge in [-0.2, -0.15) is 0 Å². The van der Waals surface area contributed by atoms with Gasteiger partial charge in [-0.05, 0) is 63.1 Å². The molecule has 5 rings (SSSR count). The van der Waals surface area contributed by atoms with Crippen molar-refractivity contribution in [3.63, 3.8) is 0 Å². The molecule has 0 spiro atoms. The molecule has 2 amide bonds. The summed E-state index contributed by atoms with van der Waals surface area (Å²) in [5.74, 6) is -0.772. The highest BCUT2D eigenvalue weighted by Gasteiger charge is 2.28. The molecule has 0 radical (unpaired) electrons. The number of ether oxygens (including phenoxy) is 1. The van der Waals surface area contributed by atoms with Gasteiger partial charge in [0.05, 0.1) is 17.6 Å². The normalized spacial score (nSPS) is 15.5. The first-order valence-corrected chi connectivity index (χ1v) is 13.2. The third-order valence-corrected chi connectivity index (χ3v) is 6.91. The smallest absolute Gasteiger partial charge is 0.410 e. The molecule has 1 N–H and O–H groups in total. The van der Waals surface area contributed by atoms with E-state index in [-0.39, 0.29) is 18.3 Å². The molecule has 4 heterocycles. The number of carbonyl (C=O) groups excluding carboxylic acids is 2. The van der Waals surface area contributed by atoms with E-state index in [0.29, 0.717) is 61.8 Å². The number of anilines is 3. The second-order valence-corrected chi connectivity index (χ2v) is 10.8. The first-order chi connectivity index (χ1) is 19.1. The number of hydrogen-bond donors (Lipinski definition) is 1. The van der Waals surface area contributed by atoms with Crippen LogP contribution in [0.3, 0.4) is 0 Å². The Morgan fingerprint density at radius 3 is 2.38 bits per heavy atom. The van der Waals surface area contributed by atoms with E-state index in [4.69, 9.17) is 4.74 Å². The van der Waals surface area contributed by atoms with Gasteiger partial charge in [-0.15, -0.1) is 0 Å². The topological polar surface area (TPSA) is 90.9 Å². The minimum Gasteiger partial charge on any atom is -0.444 e. The van der Waals surface area contributed by atoms with Crippen molar-refractivity contribution in [3.05, 3.63) is 77.2 Å². The van der Waals surface area contributed by atoms with E-state index >= 15 is 0 Å². The molecule has 0 unspecified atom stereocenters. The lowest BCUT2D eigenvalue weighted by atomic mass is 9.98. The lowest BCUT2D eigenvalue weighted by Crippen LogP contribution is -2.50. The lowest BCUT2D eigenvalue weighted by Gasteiger charge is -2.37. The second-order valence-electron chi connectivity index (χ2n) is 10.8. The van der Waals surface area contributed by atoms with Gasteiger partial charge in [0.25, 0.3) is 5.91 Å². The van der Waals surface area contributed by atoms with Crippen LogP contribution in [0.4, 0.5) is 30.8 Å². The van der Waals surface area contributed by atoms with Gasteiger partial charge in [-0.3, -0.25) is 9.78 Å². The van der Waals surface area contributed by atoms with Crippen molar-refractivity contribution < 1.29 is 23.1 Å². The van der Waals surface area contributed by atoms with Gasteiger partial charge in [0.15, 0.2) is 0 Å². The Labute approximate surface area is 231 Å². The Kier molecular flexibility index (Phi) is 7.55. The van der Waals surface area contributed by atoms with E-state index in [1.54, 1.807) is 35.5 Å². The predicted molar refractivity (Wildman–Crippen MR) is 148 cm³/mol. The van der Waals surface area contributed by atoms with Crippen molar-refractivity contribution in [1.82, 2.24) is 14.9 Å². The Balaban J connectivity index is 1.26. The van der Waals surface area contributed by atoms with Crippen molar-refractivity contribution in [3.8, 4) is 0 Å². The number of halogens is 2. The largest absolute Gasteiger partial charge is 0.444 e. The number of piperazine rings is 1. The molecule has 2 aromatic heterocycles. The fourth-order valence-corrected chi connectivity index (χ4v) is 4.92. The number of carbonyl (C=O) groups is 2. The number of aromatic nitrogens is 2. The summed E-state index contributed by atoms with van der Waals surface area (Å²) in [5, 5.41) is 2.91. The number of nitrogens with zero attached hydrogens (tertiary/aromatic N) is 5. The Morgan fingerprint density at radius 2 is 1.65 bits per heavy atom. The van der Waals surface area contributed by atoms with Crippen LogP contribution in [0.1, 0.15) is 42.4 Å². The molecule has 9 nitrogen and oxygen atoms in total. The molecule has 2 aliphatic heterocycles. The molecule has 210 valence electrons. The summed E-state index contributed by atoms with van der Waals surface area (Å²) in [6.45, 7) is 8.22. The van der Waals surface area contributed by atoms with E-state index < -0.39 is 23.1 Å². The SMILES string of the molecule is CC(C)(C)OC(=O)N1CCN(c2ccncc2NC(=O)c2cccc(N3CCc4c(F)ccc(F)c4C3)n2)CC1. The highest BCUT2D eigenvalue weighted by atomic mass is 19.1. The number of nitrogens with one attached hydrogen (secondary N) is 1. The van der Waals surface area contributed by atoms with Crippen LogP contribution in [0.5, 0.6) is 0 Å². The van der Waals surface area contributed by atoms with Crippen LogP contribution in [0.2, 0.25) is 0 Å². The summed E-state index contributed by atoms with van der Waals surface area (Å²) in [6, 6.07) is 9.18. The summed E-state index contributed by atoms with van der Waals surface area (Å²) in [4.78, 5) is 40.0. The van der Waals surface area contributed by atoms with Crippen LogP contribution in [-0.4, -0.2) is 65.2 Å². The first-order valence-electron chi connectivity index (χ1n) is 13.2. The molecule has 11 heteroatoms. The molecular formula is C29H32F2N6O3. The summed E-state index contributed by atoms with van der Waals surface area (Å²) < 4.78 is 34.0. The van der Waals surface area contributed by atoms with Crippen LogP contribution < -0.4 is 15.1 Å². The molecule has 1 saturated heterocycles. The van der Waals surface area contributed by atoms with Crippen molar-refractivity contribution >= 4 is 29.2 Å². The standard InChI is InChI=1S/C29H32F2N6O3/c1-29(2,3)40-28(39)36-15-13-35(14-16-36)25-9-11-32-17-24(25)34-27(38)23-5-4-6-26(33-23)37-12-10-19-20(18-37)22(31)8-7-21(19)30/h4-9,11,17H,10,12-16,18H2,1-3H3,(H,34,38). The van der Waals surface area contributed by atoms with Crippen LogP contribution in [0.25, 0.3) is 0 Å². The number of pyridine rings is 2. The minimum absolute atomic E-state index is 0.166. The molecule has 0 bridgehead atoms. The van der Waals surface area contributed by atoms with Gasteiger partial charge in [-0.1, -0.05) is 6.07 Å². The monoisotopic (exact) mass is 550 g/mol. The molecule has 0 atom stereocenters. The van der Waals surface area contributed by atoms with E-state index in [1.807, 2.05) is 31.7 Å². The Morgan fingerprint density at radius 1 is 0.925 bits per heavy atom. The Bertz CT molecular complexity index is 1420. The quantitative estimate of drug-likeness (QED) is 0.507. The fourth-order valence-electron chi connectivity index (χ4n) is 4.92. The Hall–Kier alpha value is -4.28. The van der Waals surface area contributed by atoms with Crippen molar-refractivity contribution in [1.29, 1.82) is 0 Å². The average Bonchev–Trinajstić information content (AvgIpc) is 2.94. The van der Waals surface area contributed by atoms with Crippen molar-refractivity contribution in [2.75, 3.05) is 47.8 Å². The maximum atomic E-state index is 14.4. The third-order valence-electron chi connectivity index (χ3n) is 6.91. The van der Waals surface area contributed by atoms with E-state index in [2.05, 4.69) is 20.2 Å². The molecular weight excluding hydrogens is 518 g/mol. The van der Waals surface area contributed by atoms with Gasteiger partial charge in [0.2, 0.25) is 0 Å². The van der Waals surface area contributed by atoms with Crippen LogP contribution >= 0.6 is 0 Å². The highest BCUT2D eigenvalue weighted by molar-refractivity contribution is 6.04. The maximum absolute atomic E-state index is 14.4. The van der Waals surface area contributed by atoms with Crippen molar-refractivity contribution in [2.24, 2.45) is 0 Å². The minimum atomic E-state index is -0.561. The molecule has 1 fully saturated rings. The van der Waals surface area contributed by atoms with Gasteiger partial charge in [0.1, 0.15) is 28.7 Å². The summed E-state index contributed by atoms with van der Waals surface area (Å²) in [6.07, 6.45) is 3.24. The molecule has 0 saturated carbocycles. The zero-order chi connectivity index (χ0) is 28.4. The van der Waals surface area contributed by atoms with Crippen LogP contribution in [0.15, 0.2) is 48.8 Å². The summed E-state index contributed by atoms with van der Waals surface area (Å²) >= 11 is 0. The van der Waals surface area contributed by atoms with Gasteiger partial charge in [-0.25, -0.2) is 18.6 Å². The van der Waals surface area contributed by atoms with Crippen LogP contribution in [0, 0.1) is 11.6 Å². The zero-order valence-electron chi connectivity index (χ0n) is 22.8. The number of benzene rings is 1. The van der Waals surface area contributed by atoms with Gasteiger partial charge in [0, 0.05) is 51.0 Å². The fraction of sp³-hybridized carbons (Fsp3) is 0.379. The highest BCUT2D eigenvalue weighted by Crippen LogP contribution is 2.29. The van der Waals surface area contributed by atoms with E-state index in [0.717, 1.165) is 17.8 Å². The third kappa shape index (κ3) is 5.98. The first kappa shape index (κ1) is 27.3. The lowest BCUT2D eigenvalue weighted by molar-refractivity contribution is 0.0240. The summed E-state index contributed by atoms with van der Waals surface area (Å²) in [5.41, 5.74) is 1.64. The van der Waals surface area contributed by atoms with Crippen molar-refractivity contribution in [2.45, 2.75) is 39.3 Å². The summed E-state index contributed by atoms with van der Waals surface area (Å²) in [7, 11) is 0. The number of fused-ring (bicyclic) bond motifs is 1.